The molecule has 2 rings (SSSR count). The zero-order chi connectivity index (χ0) is 14.7. The van der Waals surface area contributed by atoms with Crippen LogP contribution in [0.4, 0.5) is 0 Å². The molecule has 7 heteroatoms. The molecule has 112 valence electrons. The van der Waals surface area contributed by atoms with Crippen molar-refractivity contribution < 1.29 is 14.2 Å². The summed E-state index contributed by atoms with van der Waals surface area (Å²) in [5.41, 5.74) is 5.97. The van der Waals surface area contributed by atoms with Gasteiger partial charge in [0.2, 0.25) is 0 Å². The lowest BCUT2D eigenvalue weighted by Crippen LogP contribution is -2.59. The Morgan fingerprint density at radius 2 is 1.85 bits per heavy atom. The van der Waals surface area contributed by atoms with Crippen molar-refractivity contribution in [1.29, 1.82) is 0 Å². The number of benzene rings is 1. The molecule has 0 aliphatic heterocycles. The quantitative estimate of drug-likeness (QED) is 0.643. The van der Waals surface area contributed by atoms with E-state index in [-0.39, 0.29) is 18.2 Å². The van der Waals surface area contributed by atoms with Crippen molar-refractivity contribution in [3.63, 3.8) is 0 Å². The molecule has 1 fully saturated rings. The second kappa shape index (κ2) is 7.56. The molecule has 3 atom stereocenters. The molecule has 1 saturated carbocycles. The Balaban J connectivity index is 1.99. The van der Waals surface area contributed by atoms with Gasteiger partial charge in [0.1, 0.15) is 18.0 Å². The van der Waals surface area contributed by atoms with Crippen LogP contribution in [0.3, 0.4) is 0 Å². The van der Waals surface area contributed by atoms with E-state index < -0.39 is 0 Å². The van der Waals surface area contributed by atoms with Crippen LogP contribution in [-0.2, 0) is 9.47 Å². The van der Waals surface area contributed by atoms with Crippen LogP contribution < -0.4 is 10.5 Å². The third-order valence-corrected chi connectivity index (χ3v) is 4.76. The summed E-state index contributed by atoms with van der Waals surface area (Å²) in [5, 5.41) is 0. The second-order valence-corrected chi connectivity index (χ2v) is 7.21. The lowest BCUT2D eigenvalue weighted by Gasteiger charge is -2.42. The van der Waals surface area contributed by atoms with Gasteiger partial charge >= 0.3 is 0 Å². The SMILES string of the molecule is COCCOC1C(N)CC1Oc1c(Br)cc(Br)cc1Br. The van der Waals surface area contributed by atoms with Crippen molar-refractivity contribution in [2.24, 2.45) is 5.73 Å². The normalized spacial score (nSPS) is 25.4. The van der Waals surface area contributed by atoms with E-state index in [4.69, 9.17) is 19.9 Å². The average molecular weight is 474 g/mol. The molecule has 0 amide bonds. The summed E-state index contributed by atoms with van der Waals surface area (Å²) in [7, 11) is 1.65. The molecular weight excluding hydrogens is 458 g/mol. The summed E-state index contributed by atoms with van der Waals surface area (Å²) in [6.07, 6.45) is 0.662. The lowest BCUT2D eigenvalue weighted by molar-refractivity contribution is -0.107. The first-order chi connectivity index (χ1) is 9.52. The number of rotatable bonds is 6. The van der Waals surface area contributed by atoms with Gasteiger partial charge in [-0.25, -0.2) is 0 Å². The Hall–Kier alpha value is 0.340. The van der Waals surface area contributed by atoms with E-state index >= 15 is 0 Å². The Morgan fingerprint density at radius 1 is 1.20 bits per heavy atom. The molecule has 20 heavy (non-hydrogen) atoms. The molecule has 0 spiro atoms. The van der Waals surface area contributed by atoms with Gasteiger partial charge in [-0.1, -0.05) is 15.9 Å². The number of hydrogen-bond acceptors (Lipinski definition) is 4. The Bertz CT molecular complexity index is 449. The fourth-order valence-corrected chi connectivity index (χ4v) is 4.47. The highest BCUT2D eigenvalue weighted by molar-refractivity contribution is 9.11. The maximum atomic E-state index is 6.02. The van der Waals surface area contributed by atoms with Gasteiger partial charge in [0, 0.05) is 24.0 Å². The van der Waals surface area contributed by atoms with Crippen LogP contribution in [0.1, 0.15) is 6.42 Å². The average Bonchev–Trinajstić information content (AvgIpc) is 2.37. The van der Waals surface area contributed by atoms with Gasteiger partial charge in [0.05, 0.1) is 22.2 Å². The molecule has 2 N–H and O–H groups in total. The van der Waals surface area contributed by atoms with E-state index in [1.54, 1.807) is 7.11 Å². The summed E-state index contributed by atoms with van der Waals surface area (Å²) in [6.45, 7) is 1.08. The summed E-state index contributed by atoms with van der Waals surface area (Å²) in [5.74, 6) is 0.769. The fourth-order valence-electron chi connectivity index (χ4n) is 2.02. The van der Waals surface area contributed by atoms with Crippen molar-refractivity contribution in [3.8, 4) is 5.75 Å². The molecule has 0 heterocycles. The maximum absolute atomic E-state index is 6.02. The highest BCUT2D eigenvalue weighted by atomic mass is 79.9. The van der Waals surface area contributed by atoms with Gasteiger partial charge in [-0.3, -0.25) is 0 Å². The van der Waals surface area contributed by atoms with E-state index in [9.17, 15) is 0 Å². The number of halogens is 3. The standard InChI is InChI=1S/C13H16Br3NO3/c1-18-2-3-19-13-10(17)6-11(13)20-12-8(15)4-7(14)5-9(12)16/h4-5,10-11,13H,2-3,6,17H2,1H3. The zero-order valence-corrected chi connectivity index (χ0v) is 15.7. The van der Waals surface area contributed by atoms with Crippen LogP contribution in [0.5, 0.6) is 5.75 Å². The topological polar surface area (TPSA) is 53.7 Å². The van der Waals surface area contributed by atoms with Gasteiger partial charge in [0.25, 0.3) is 0 Å². The van der Waals surface area contributed by atoms with Crippen LogP contribution in [0.2, 0.25) is 0 Å². The first-order valence-electron chi connectivity index (χ1n) is 6.20. The van der Waals surface area contributed by atoms with Crippen LogP contribution in [0.15, 0.2) is 25.6 Å². The van der Waals surface area contributed by atoms with Crippen molar-refractivity contribution in [2.75, 3.05) is 20.3 Å². The minimum absolute atomic E-state index is 0.0184. The molecule has 0 bridgehead atoms. The lowest BCUT2D eigenvalue weighted by atomic mass is 9.86. The Labute approximate surface area is 143 Å². The summed E-state index contributed by atoms with van der Waals surface area (Å²) < 4.78 is 19.4. The van der Waals surface area contributed by atoms with E-state index in [2.05, 4.69) is 47.8 Å². The fraction of sp³-hybridized carbons (Fsp3) is 0.538. The van der Waals surface area contributed by atoms with Crippen LogP contribution in [-0.4, -0.2) is 38.6 Å². The predicted octanol–water partition coefficient (Wildman–Crippen LogP) is 3.48. The summed E-state index contributed by atoms with van der Waals surface area (Å²) >= 11 is 10.4. The minimum atomic E-state index is -0.0902. The number of nitrogens with two attached hydrogens (primary N) is 1. The van der Waals surface area contributed by atoms with Crippen molar-refractivity contribution in [2.45, 2.75) is 24.7 Å². The maximum Gasteiger partial charge on any atom is 0.148 e. The third-order valence-electron chi connectivity index (χ3n) is 3.12. The van der Waals surface area contributed by atoms with Gasteiger partial charge < -0.3 is 19.9 Å². The molecule has 1 aliphatic carbocycles. The van der Waals surface area contributed by atoms with E-state index in [0.29, 0.717) is 13.2 Å². The van der Waals surface area contributed by atoms with Crippen LogP contribution >= 0.6 is 47.8 Å². The summed E-state index contributed by atoms with van der Waals surface area (Å²) in [4.78, 5) is 0. The van der Waals surface area contributed by atoms with Crippen LogP contribution in [0, 0.1) is 0 Å². The minimum Gasteiger partial charge on any atom is -0.485 e. The second-order valence-electron chi connectivity index (χ2n) is 4.58. The van der Waals surface area contributed by atoms with Gasteiger partial charge in [0.15, 0.2) is 0 Å². The smallest absolute Gasteiger partial charge is 0.148 e. The largest absolute Gasteiger partial charge is 0.485 e. The van der Waals surface area contributed by atoms with E-state index in [1.807, 2.05) is 12.1 Å². The molecule has 0 saturated heterocycles. The van der Waals surface area contributed by atoms with Gasteiger partial charge in [-0.15, -0.1) is 0 Å². The van der Waals surface area contributed by atoms with E-state index in [1.165, 1.54) is 0 Å². The van der Waals surface area contributed by atoms with Crippen molar-refractivity contribution >= 4 is 47.8 Å². The van der Waals surface area contributed by atoms with Gasteiger partial charge in [-0.2, -0.15) is 0 Å². The molecule has 3 unspecified atom stereocenters. The van der Waals surface area contributed by atoms with Crippen LogP contribution in [0.25, 0.3) is 0 Å². The monoisotopic (exact) mass is 471 g/mol. The number of ether oxygens (including phenoxy) is 3. The molecular formula is C13H16Br3NO3. The third kappa shape index (κ3) is 3.96. The molecule has 1 aromatic rings. The molecule has 1 aromatic carbocycles. The Kier molecular flexibility index (Phi) is 6.31. The number of methoxy groups -OCH3 is 1. The first-order valence-corrected chi connectivity index (χ1v) is 8.58. The highest BCUT2D eigenvalue weighted by Gasteiger charge is 2.42. The Morgan fingerprint density at radius 3 is 2.40 bits per heavy atom. The molecule has 1 aliphatic rings. The van der Waals surface area contributed by atoms with Gasteiger partial charge in [-0.05, 0) is 44.0 Å². The number of hydrogen-bond donors (Lipinski definition) is 1. The zero-order valence-electron chi connectivity index (χ0n) is 10.9. The predicted molar refractivity (Wildman–Crippen MR) is 88.2 cm³/mol. The van der Waals surface area contributed by atoms with Crippen molar-refractivity contribution in [1.82, 2.24) is 0 Å². The van der Waals surface area contributed by atoms with E-state index in [0.717, 1.165) is 25.6 Å². The molecule has 4 nitrogen and oxygen atoms in total. The molecule has 0 radical (unpaired) electrons. The first kappa shape index (κ1) is 16.7. The summed E-state index contributed by atoms with van der Waals surface area (Å²) in [6, 6.07) is 3.91. The highest BCUT2D eigenvalue weighted by Crippen LogP contribution is 2.39. The van der Waals surface area contributed by atoms with Crippen molar-refractivity contribution in [3.05, 3.63) is 25.6 Å². The molecule has 0 aromatic heterocycles.